The number of carbonyl (C=O) groups excluding carboxylic acids is 1. The summed E-state index contributed by atoms with van der Waals surface area (Å²) in [6, 6.07) is 20.8. The molecule has 1 amide bonds. The van der Waals surface area contributed by atoms with Gasteiger partial charge in [-0.25, -0.2) is 4.98 Å². The van der Waals surface area contributed by atoms with Crippen LogP contribution in [0.15, 0.2) is 79.1 Å². The third-order valence-corrected chi connectivity index (χ3v) is 5.18. The van der Waals surface area contributed by atoms with E-state index in [-0.39, 0.29) is 18.6 Å². The molecule has 150 valence electrons. The van der Waals surface area contributed by atoms with Gasteiger partial charge in [0.1, 0.15) is 23.8 Å². The van der Waals surface area contributed by atoms with E-state index in [1.807, 2.05) is 77.5 Å². The van der Waals surface area contributed by atoms with Gasteiger partial charge in [-0.2, -0.15) is 0 Å². The van der Waals surface area contributed by atoms with Gasteiger partial charge in [0.2, 0.25) is 0 Å². The molecule has 3 heterocycles. The Morgan fingerprint density at radius 2 is 1.93 bits per heavy atom. The summed E-state index contributed by atoms with van der Waals surface area (Å²) in [5, 5.41) is 3.13. The second kappa shape index (κ2) is 7.91. The van der Waals surface area contributed by atoms with Gasteiger partial charge in [0.25, 0.3) is 5.91 Å². The Labute approximate surface area is 174 Å². The van der Waals surface area contributed by atoms with Crippen molar-refractivity contribution in [2.75, 3.05) is 6.61 Å². The molecule has 6 nitrogen and oxygen atoms in total. The molecule has 0 aliphatic carbocycles. The van der Waals surface area contributed by atoms with Crippen LogP contribution in [0.25, 0.3) is 5.65 Å². The van der Waals surface area contributed by atoms with E-state index < -0.39 is 0 Å². The number of fused-ring (bicyclic) bond motifs is 2. The normalized spacial score (nSPS) is 15.3. The summed E-state index contributed by atoms with van der Waals surface area (Å²) in [5.74, 6) is 1.19. The van der Waals surface area contributed by atoms with Crippen LogP contribution in [-0.4, -0.2) is 21.9 Å². The Hall–Kier alpha value is -3.80. The molecular weight excluding hydrogens is 378 g/mol. The number of nitrogens with one attached hydrogen (secondary N) is 1. The maximum absolute atomic E-state index is 13.0. The minimum atomic E-state index is -0.165. The van der Waals surface area contributed by atoms with Gasteiger partial charge in [-0.05, 0) is 30.3 Å². The topological polar surface area (TPSA) is 64.9 Å². The zero-order valence-corrected chi connectivity index (χ0v) is 16.3. The molecule has 1 aliphatic heterocycles. The van der Waals surface area contributed by atoms with Crippen LogP contribution >= 0.6 is 0 Å². The average molecular weight is 399 g/mol. The second-order valence-corrected chi connectivity index (χ2v) is 7.18. The molecule has 6 heteroatoms. The molecule has 4 aromatic rings. The first-order valence-electron chi connectivity index (χ1n) is 9.95. The fraction of sp³-hybridized carbons (Fsp3) is 0.167. The molecule has 0 bridgehead atoms. The lowest BCUT2D eigenvalue weighted by Crippen LogP contribution is -2.32. The van der Waals surface area contributed by atoms with E-state index in [0.717, 1.165) is 29.1 Å². The molecule has 1 aliphatic rings. The zero-order chi connectivity index (χ0) is 20.3. The van der Waals surface area contributed by atoms with Gasteiger partial charge in [0.05, 0.1) is 23.9 Å². The molecule has 0 saturated heterocycles. The van der Waals surface area contributed by atoms with E-state index in [1.54, 1.807) is 6.07 Å². The molecule has 30 heavy (non-hydrogen) atoms. The third-order valence-electron chi connectivity index (χ3n) is 5.18. The van der Waals surface area contributed by atoms with Gasteiger partial charge in [-0.15, -0.1) is 0 Å². The van der Waals surface area contributed by atoms with Crippen LogP contribution in [-0.2, 0) is 6.61 Å². The van der Waals surface area contributed by atoms with Crippen molar-refractivity contribution in [3.63, 3.8) is 0 Å². The lowest BCUT2D eigenvalue weighted by atomic mass is 10.00. The molecule has 5 rings (SSSR count). The van der Waals surface area contributed by atoms with Crippen LogP contribution in [0.5, 0.6) is 11.5 Å². The fourth-order valence-electron chi connectivity index (χ4n) is 3.72. The summed E-state index contributed by atoms with van der Waals surface area (Å²) in [6.07, 6.45) is 4.60. The lowest BCUT2D eigenvalue weighted by molar-refractivity contribution is 0.0920. The summed E-state index contributed by atoms with van der Waals surface area (Å²) in [6.45, 7) is 0.861. The van der Waals surface area contributed by atoms with Crippen molar-refractivity contribution < 1.29 is 14.3 Å². The molecule has 2 aromatic carbocycles. The van der Waals surface area contributed by atoms with E-state index in [2.05, 4.69) is 10.3 Å². The Balaban J connectivity index is 1.32. The highest BCUT2D eigenvalue weighted by atomic mass is 16.5. The van der Waals surface area contributed by atoms with Crippen molar-refractivity contribution in [3.05, 3.63) is 95.9 Å². The number of ether oxygens (including phenoxy) is 2. The van der Waals surface area contributed by atoms with Crippen molar-refractivity contribution in [2.24, 2.45) is 0 Å². The van der Waals surface area contributed by atoms with E-state index in [1.165, 1.54) is 0 Å². The summed E-state index contributed by atoms with van der Waals surface area (Å²) >= 11 is 0. The van der Waals surface area contributed by atoms with Gasteiger partial charge in [0.15, 0.2) is 0 Å². The third kappa shape index (κ3) is 3.59. The van der Waals surface area contributed by atoms with Crippen molar-refractivity contribution in [2.45, 2.75) is 19.1 Å². The molecule has 2 aromatic heterocycles. The van der Waals surface area contributed by atoms with Crippen LogP contribution < -0.4 is 14.8 Å². The number of benzene rings is 2. The first-order valence-corrected chi connectivity index (χ1v) is 9.95. The molecule has 1 N–H and O–H groups in total. The second-order valence-electron chi connectivity index (χ2n) is 7.18. The number of pyridine rings is 1. The van der Waals surface area contributed by atoms with Gasteiger partial charge in [-0.3, -0.25) is 4.79 Å². The van der Waals surface area contributed by atoms with Gasteiger partial charge in [0, 0.05) is 24.4 Å². The Kier molecular flexibility index (Phi) is 4.81. The molecule has 0 radical (unpaired) electrons. The predicted octanol–water partition coefficient (Wildman–Crippen LogP) is 4.17. The molecule has 0 fully saturated rings. The molecule has 1 atom stereocenters. The van der Waals surface area contributed by atoms with E-state index in [9.17, 15) is 4.79 Å². The highest BCUT2D eigenvalue weighted by Crippen LogP contribution is 2.32. The monoisotopic (exact) mass is 399 g/mol. The summed E-state index contributed by atoms with van der Waals surface area (Å²) < 4.78 is 13.6. The Morgan fingerprint density at radius 3 is 2.87 bits per heavy atom. The van der Waals surface area contributed by atoms with E-state index >= 15 is 0 Å². The quantitative estimate of drug-likeness (QED) is 0.547. The maximum Gasteiger partial charge on any atom is 0.255 e. The maximum atomic E-state index is 13.0. The number of aromatic nitrogens is 2. The highest BCUT2D eigenvalue weighted by molar-refractivity contribution is 5.97. The Bertz CT molecular complexity index is 1170. The summed E-state index contributed by atoms with van der Waals surface area (Å²) in [7, 11) is 0. The molecular formula is C24H21N3O3. The van der Waals surface area contributed by atoms with Crippen molar-refractivity contribution in [1.82, 2.24) is 14.7 Å². The van der Waals surface area contributed by atoms with Crippen molar-refractivity contribution >= 4 is 11.6 Å². The van der Waals surface area contributed by atoms with Crippen LogP contribution in [0.4, 0.5) is 0 Å². The molecule has 0 unspecified atom stereocenters. The standard InChI is InChI=1S/C24H21N3O3/c28-24(26-20-12-14-29-21-9-3-1-7-18(20)21)19-8-2-4-10-22(19)30-16-17-15-27-13-6-5-11-23(27)25-17/h1-11,13,15,20H,12,14,16H2,(H,26,28)/t20-/m0/s1. The van der Waals surface area contributed by atoms with Crippen molar-refractivity contribution in [3.8, 4) is 11.5 Å². The SMILES string of the molecule is O=C(N[C@H]1CCOc2ccccc21)c1ccccc1OCc1cn2ccccc2n1. The molecule has 0 spiro atoms. The highest BCUT2D eigenvalue weighted by Gasteiger charge is 2.24. The van der Waals surface area contributed by atoms with Gasteiger partial charge < -0.3 is 19.2 Å². The largest absolute Gasteiger partial charge is 0.493 e. The van der Waals surface area contributed by atoms with Crippen LogP contribution in [0.1, 0.15) is 34.1 Å². The minimum Gasteiger partial charge on any atom is -0.493 e. The number of para-hydroxylation sites is 2. The molecule has 0 saturated carbocycles. The van der Waals surface area contributed by atoms with E-state index in [4.69, 9.17) is 9.47 Å². The number of amides is 1. The first kappa shape index (κ1) is 18.2. The van der Waals surface area contributed by atoms with Gasteiger partial charge in [-0.1, -0.05) is 36.4 Å². The number of carbonyl (C=O) groups is 1. The Morgan fingerprint density at radius 1 is 1.10 bits per heavy atom. The smallest absolute Gasteiger partial charge is 0.255 e. The number of hydrogen-bond donors (Lipinski definition) is 1. The lowest BCUT2D eigenvalue weighted by Gasteiger charge is -2.26. The number of rotatable bonds is 5. The summed E-state index contributed by atoms with van der Waals surface area (Å²) in [5.41, 5.74) is 3.17. The fourth-order valence-corrected chi connectivity index (χ4v) is 3.72. The first-order chi connectivity index (χ1) is 14.8. The number of nitrogens with zero attached hydrogens (tertiary/aromatic N) is 2. The van der Waals surface area contributed by atoms with Crippen molar-refractivity contribution in [1.29, 1.82) is 0 Å². The average Bonchev–Trinajstić information content (AvgIpc) is 3.21. The van der Waals surface area contributed by atoms with E-state index in [0.29, 0.717) is 17.9 Å². The number of imidazole rings is 1. The van der Waals surface area contributed by atoms with Crippen LogP contribution in [0.2, 0.25) is 0 Å². The predicted molar refractivity (Wildman–Crippen MR) is 113 cm³/mol. The summed E-state index contributed by atoms with van der Waals surface area (Å²) in [4.78, 5) is 17.6. The number of hydrogen-bond acceptors (Lipinski definition) is 4. The van der Waals surface area contributed by atoms with Crippen LogP contribution in [0, 0.1) is 0 Å². The zero-order valence-electron chi connectivity index (χ0n) is 16.3. The van der Waals surface area contributed by atoms with Crippen LogP contribution in [0.3, 0.4) is 0 Å². The minimum absolute atomic E-state index is 0.0889. The van der Waals surface area contributed by atoms with Gasteiger partial charge >= 0.3 is 0 Å².